The number of nitrogens with zero attached hydrogens (tertiary/aromatic N) is 1. The zero-order chi connectivity index (χ0) is 11.1. The first-order chi connectivity index (χ1) is 6.54. The summed E-state index contributed by atoms with van der Waals surface area (Å²) in [6, 6.07) is 0. The summed E-state index contributed by atoms with van der Waals surface area (Å²) in [6.07, 6.45) is 4.71. The van der Waals surface area contributed by atoms with Crippen molar-refractivity contribution in [3.63, 3.8) is 0 Å². The Morgan fingerprint density at radius 1 is 1.36 bits per heavy atom. The summed E-state index contributed by atoms with van der Waals surface area (Å²) < 4.78 is 0. The summed E-state index contributed by atoms with van der Waals surface area (Å²) in [5.74, 6) is 1.24. The summed E-state index contributed by atoms with van der Waals surface area (Å²) in [7, 11) is 3.83. The zero-order valence-electron chi connectivity index (χ0n) is 9.66. The fourth-order valence-electron chi connectivity index (χ4n) is 1.25. The molecular formula is C11H20N2O. The normalized spacial score (nSPS) is 13.0. The van der Waals surface area contributed by atoms with Gasteiger partial charge in [0.1, 0.15) is 5.82 Å². The SMILES string of the molecule is C/C=C\C(=C(/NC=O)N(C)C)C(C)C. The fourth-order valence-corrected chi connectivity index (χ4v) is 1.25. The molecule has 0 fully saturated rings. The van der Waals surface area contributed by atoms with Gasteiger partial charge in [0.15, 0.2) is 0 Å². The predicted molar refractivity (Wildman–Crippen MR) is 59.6 cm³/mol. The van der Waals surface area contributed by atoms with Gasteiger partial charge in [-0.15, -0.1) is 0 Å². The van der Waals surface area contributed by atoms with Crippen molar-refractivity contribution in [2.75, 3.05) is 14.1 Å². The topological polar surface area (TPSA) is 32.3 Å². The average Bonchev–Trinajstić information content (AvgIpc) is 2.10. The number of carbonyl (C=O) groups is 1. The Bertz CT molecular complexity index is 240. The van der Waals surface area contributed by atoms with E-state index in [1.807, 2.05) is 38.1 Å². The molecule has 0 aliphatic rings. The monoisotopic (exact) mass is 196 g/mol. The molecule has 0 saturated carbocycles. The highest BCUT2D eigenvalue weighted by Gasteiger charge is 2.09. The molecule has 0 saturated heterocycles. The van der Waals surface area contributed by atoms with Gasteiger partial charge in [0.2, 0.25) is 6.41 Å². The molecule has 0 rings (SSSR count). The first kappa shape index (κ1) is 12.8. The van der Waals surface area contributed by atoms with E-state index in [2.05, 4.69) is 19.2 Å². The minimum atomic E-state index is 0.385. The predicted octanol–water partition coefficient (Wildman–Crippen LogP) is 1.74. The largest absolute Gasteiger partial charge is 0.364 e. The number of rotatable bonds is 5. The van der Waals surface area contributed by atoms with Crippen molar-refractivity contribution < 1.29 is 4.79 Å². The molecule has 80 valence electrons. The maximum absolute atomic E-state index is 10.5. The number of allylic oxidation sites excluding steroid dienone is 3. The Labute approximate surface area is 86.5 Å². The third-order valence-electron chi connectivity index (χ3n) is 1.88. The third kappa shape index (κ3) is 3.64. The highest BCUT2D eigenvalue weighted by atomic mass is 16.1. The molecule has 0 unspecified atom stereocenters. The molecule has 0 heterocycles. The number of carbonyl (C=O) groups excluding carboxylic acids is 1. The van der Waals surface area contributed by atoms with Crippen molar-refractivity contribution >= 4 is 6.41 Å². The van der Waals surface area contributed by atoms with E-state index < -0.39 is 0 Å². The standard InChI is InChI=1S/C11H20N2O/c1-6-7-10(9(2)3)11(12-8-14)13(4)5/h6-9H,1-5H3,(H,12,14)/b7-6-,11-10-. The van der Waals surface area contributed by atoms with Crippen molar-refractivity contribution in [2.45, 2.75) is 20.8 Å². The van der Waals surface area contributed by atoms with Crippen LogP contribution in [0.5, 0.6) is 0 Å². The van der Waals surface area contributed by atoms with E-state index in [-0.39, 0.29) is 0 Å². The van der Waals surface area contributed by atoms with Gasteiger partial charge in [-0.05, 0) is 18.4 Å². The highest BCUT2D eigenvalue weighted by Crippen LogP contribution is 2.15. The first-order valence-corrected chi connectivity index (χ1v) is 4.79. The van der Waals surface area contributed by atoms with Crippen LogP contribution in [0.2, 0.25) is 0 Å². The third-order valence-corrected chi connectivity index (χ3v) is 1.88. The van der Waals surface area contributed by atoms with Gasteiger partial charge >= 0.3 is 0 Å². The van der Waals surface area contributed by atoms with Crippen molar-refractivity contribution in [3.8, 4) is 0 Å². The molecule has 0 bridgehead atoms. The van der Waals surface area contributed by atoms with Crippen LogP contribution in [0.4, 0.5) is 0 Å². The van der Waals surface area contributed by atoms with E-state index in [4.69, 9.17) is 0 Å². The Morgan fingerprint density at radius 3 is 2.21 bits per heavy atom. The molecule has 1 N–H and O–H groups in total. The first-order valence-electron chi connectivity index (χ1n) is 4.79. The number of hydrogen-bond acceptors (Lipinski definition) is 2. The molecule has 0 aliphatic heterocycles. The Kier molecular flexibility index (Phi) is 5.68. The lowest BCUT2D eigenvalue weighted by molar-refractivity contribution is -0.109. The van der Waals surface area contributed by atoms with E-state index in [1.54, 1.807) is 0 Å². The number of amides is 1. The van der Waals surface area contributed by atoms with Gasteiger partial charge in [-0.3, -0.25) is 4.79 Å². The van der Waals surface area contributed by atoms with E-state index in [1.165, 1.54) is 0 Å². The molecule has 14 heavy (non-hydrogen) atoms. The second-order valence-corrected chi connectivity index (χ2v) is 3.62. The average molecular weight is 196 g/mol. The summed E-state index contributed by atoms with van der Waals surface area (Å²) in [5, 5.41) is 2.72. The van der Waals surface area contributed by atoms with Gasteiger partial charge in [-0.25, -0.2) is 0 Å². The Morgan fingerprint density at radius 2 is 1.93 bits per heavy atom. The van der Waals surface area contributed by atoms with Gasteiger partial charge in [-0.1, -0.05) is 26.0 Å². The lowest BCUT2D eigenvalue weighted by Gasteiger charge is -2.21. The number of hydrogen-bond donors (Lipinski definition) is 1. The molecule has 0 spiro atoms. The van der Waals surface area contributed by atoms with E-state index >= 15 is 0 Å². The van der Waals surface area contributed by atoms with Crippen LogP contribution in [0.1, 0.15) is 20.8 Å². The van der Waals surface area contributed by atoms with Crippen LogP contribution in [0.15, 0.2) is 23.5 Å². The van der Waals surface area contributed by atoms with Crippen LogP contribution >= 0.6 is 0 Å². The van der Waals surface area contributed by atoms with Crippen molar-refractivity contribution in [1.29, 1.82) is 0 Å². The molecule has 1 amide bonds. The molecule has 0 radical (unpaired) electrons. The lowest BCUT2D eigenvalue weighted by atomic mass is 10.0. The molecule has 3 nitrogen and oxygen atoms in total. The maximum Gasteiger partial charge on any atom is 0.212 e. The number of nitrogens with one attached hydrogen (secondary N) is 1. The quantitative estimate of drug-likeness (QED) is 0.536. The van der Waals surface area contributed by atoms with Crippen molar-refractivity contribution in [2.24, 2.45) is 5.92 Å². The smallest absolute Gasteiger partial charge is 0.212 e. The van der Waals surface area contributed by atoms with E-state index in [9.17, 15) is 4.79 Å². The minimum absolute atomic E-state index is 0.385. The fraction of sp³-hybridized carbons (Fsp3) is 0.545. The highest BCUT2D eigenvalue weighted by molar-refractivity contribution is 5.51. The maximum atomic E-state index is 10.5. The van der Waals surface area contributed by atoms with Crippen LogP contribution in [0.3, 0.4) is 0 Å². The molecule has 0 aromatic rings. The summed E-state index contributed by atoms with van der Waals surface area (Å²) in [6.45, 7) is 6.17. The van der Waals surface area contributed by atoms with Crippen molar-refractivity contribution in [1.82, 2.24) is 10.2 Å². The molecule has 0 atom stereocenters. The van der Waals surface area contributed by atoms with E-state index in [0.29, 0.717) is 12.3 Å². The Balaban J connectivity index is 5.13. The molecule has 3 heteroatoms. The van der Waals surface area contributed by atoms with Gasteiger partial charge in [0.05, 0.1) is 0 Å². The second-order valence-electron chi connectivity index (χ2n) is 3.62. The summed E-state index contributed by atoms with van der Waals surface area (Å²) in [4.78, 5) is 12.4. The zero-order valence-corrected chi connectivity index (χ0v) is 9.66. The van der Waals surface area contributed by atoms with E-state index in [0.717, 1.165) is 11.4 Å². The summed E-state index contributed by atoms with van der Waals surface area (Å²) in [5.41, 5.74) is 1.13. The minimum Gasteiger partial charge on any atom is -0.364 e. The van der Waals surface area contributed by atoms with Crippen LogP contribution < -0.4 is 5.32 Å². The van der Waals surface area contributed by atoms with Gasteiger partial charge in [0.25, 0.3) is 0 Å². The van der Waals surface area contributed by atoms with Gasteiger partial charge in [-0.2, -0.15) is 0 Å². The van der Waals surface area contributed by atoms with Crippen LogP contribution in [0.25, 0.3) is 0 Å². The molecular weight excluding hydrogens is 176 g/mol. The molecule has 0 aliphatic carbocycles. The molecule has 0 aromatic heterocycles. The molecule has 0 aromatic carbocycles. The van der Waals surface area contributed by atoms with Gasteiger partial charge in [0, 0.05) is 14.1 Å². The van der Waals surface area contributed by atoms with Crippen LogP contribution in [-0.2, 0) is 4.79 Å². The van der Waals surface area contributed by atoms with Gasteiger partial charge < -0.3 is 10.2 Å². The lowest BCUT2D eigenvalue weighted by Crippen LogP contribution is -2.27. The van der Waals surface area contributed by atoms with Crippen LogP contribution in [0, 0.1) is 5.92 Å². The van der Waals surface area contributed by atoms with Crippen molar-refractivity contribution in [3.05, 3.63) is 23.5 Å². The van der Waals surface area contributed by atoms with Crippen LogP contribution in [-0.4, -0.2) is 25.4 Å². The summed E-state index contributed by atoms with van der Waals surface area (Å²) >= 11 is 0. The Hall–Kier alpha value is -1.25. The second kappa shape index (κ2) is 6.24.